The van der Waals surface area contributed by atoms with E-state index in [0.717, 1.165) is 0 Å². The van der Waals surface area contributed by atoms with Crippen molar-refractivity contribution in [2.24, 2.45) is 0 Å². The summed E-state index contributed by atoms with van der Waals surface area (Å²) in [4.78, 5) is 3.72. The molecule has 1 heterocycles. The molecule has 0 radical (unpaired) electrons. The molecule has 0 amide bonds. The molecule has 14 heavy (non-hydrogen) atoms. The Morgan fingerprint density at radius 2 is 2.14 bits per heavy atom. The van der Waals surface area contributed by atoms with Crippen LogP contribution in [0, 0.1) is 0 Å². The Bertz CT molecular complexity index is 412. The van der Waals surface area contributed by atoms with Crippen molar-refractivity contribution in [2.75, 3.05) is 0 Å². The molecule has 0 aliphatic heterocycles. The summed E-state index contributed by atoms with van der Waals surface area (Å²) in [5, 5.41) is 0. The average Bonchev–Trinajstić information content (AvgIpc) is 2.71. The molecule has 0 aliphatic carbocycles. The summed E-state index contributed by atoms with van der Waals surface area (Å²) in [6, 6.07) is 6.04. The third kappa shape index (κ3) is 1.64. The van der Waals surface area contributed by atoms with Gasteiger partial charge in [0, 0.05) is 11.1 Å². The lowest BCUT2D eigenvalue weighted by molar-refractivity contribution is 0.151. The molecule has 0 unspecified atom stereocenters. The molecule has 72 valence electrons. The molecule has 0 aliphatic rings. The lowest BCUT2D eigenvalue weighted by Crippen LogP contribution is -1.84. The highest BCUT2D eigenvalue weighted by Crippen LogP contribution is 2.25. The smallest absolute Gasteiger partial charge is 0.263 e. The van der Waals surface area contributed by atoms with E-state index >= 15 is 0 Å². The van der Waals surface area contributed by atoms with Crippen LogP contribution >= 0.6 is 0 Å². The number of hydrogen-bond donors (Lipinski definition) is 0. The molecule has 0 bridgehead atoms. The first-order valence-corrected chi connectivity index (χ1v) is 4.04. The normalized spacial score (nSPS) is 10.8. The number of rotatable bonds is 2. The summed E-state index contributed by atoms with van der Waals surface area (Å²) in [7, 11) is 0. The predicted octanol–water partition coefficient (Wildman–Crippen LogP) is 3.28. The zero-order valence-electron chi connectivity index (χ0n) is 7.15. The van der Waals surface area contributed by atoms with Crippen LogP contribution in [0.15, 0.2) is 41.3 Å². The topological polar surface area (TPSA) is 26.0 Å². The van der Waals surface area contributed by atoms with Gasteiger partial charge in [0.15, 0.2) is 12.2 Å². The third-order valence-electron chi connectivity index (χ3n) is 1.86. The second-order valence-corrected chi connectivity index (χ2v) is 2.79. The van der Waals surface area contributed by atoms with Gasteiger partial charge in [-0.2, -0.15) is 0 Å². The molecule has 0 N–H and O–H groups in total. The number of alkyl halides is 2. The number of benzene rings is 1. The van der Waals surface area contributed by atoms with Gasteiger partial charge in [0.05, 0.1) is 6.20 Å². The number of nitrogens with zero attached hydrogens (tertiary/aromatic N) is 1. The zero-order chi connectivity index (χ0) is 9.97. The molecule has 2 aromatic rings. The predicted molar refractivity (Wildman–Crippen MR) is 46.9 cm³/mol. The van der Waals surface area contributed by atoms with Gasteiger partial charge in [-0.25, -0.2) is 13.8 Å². The van der Waals surface area contributed by atoms with E-state index < -0.39 is 6.43 Å². The Morgan fingerprint density at radius 1 is 1.29 bits per heavy atom. The van der Waals surface area contributed by atoms with Gasteiger partial charge in [-0.05, 0) is 6.07 Å². The lowest BCUT2D eigenvalue weighted by Gasteiger charge is -2.00. The first kappa shape index (κ1) is 8.87. The van der Waals surface area contributed by atoms with Crippen LogP contribution in [0.2, 0.25) is 0 Å². The summed E-state index contributed by atoms with van der Waals surface area (Å²) < 4.78 is 29.7. The van der Waals surface area contributed by atoms with Crippen molar-refractivity contribution < 1.29 is 13.2 Å². The van der Waals surface area contributed by atoms with Crippen LogP contribution in [0.1, 0.15) is 12.0 Å². The van der Waals surface area contributed by atoms with E-state index in [0.29, 0.717) is 11.3 Å². The summed E-state index contributed by atoms with van der Waals surface area (Å²) in [5.41, 5.74) is 0.596. The fraction of sp³-hybridized carbons (Fsp3) is 0.100. The zero-order valence-corrected chi connectivity index (χ0v) is 7.15. The van der Waals surface area contributed by atoms with Gasteiger partial charge in [-0.15, -0.1) is 0 Å². The molecule has 1 aromatic heterocycles. The van der Waals surface area contributed by atoms with E-state index in [9.17, 15) is 8.78 Å². The number of aromatic nitrogens is 1. The molecule has 4 heteroatoms. The minimum atomic E-state index is -2.46. The van der Waals surface area contributed by atoms with Gasteiger partial charge in [-0.3, -0.25) is 0 Å². The number of halogens is 2. The molecule has 2 rings (SSSR count). The summed E-state index contributed by atoms with van der Waals surface area (Å²) in [5.74, 6) is 0.493. The second kappa shape index (κ2) is 3.57. The quantitative estimate of drug-likeness (QED) is 0.734. The van der Waals surface area contributed by atoms with Crippen molar-refractivity contribution in [1.82, 2.24) is 4.98 Å². The van der Waals surface area contributed by atoms with Crippen molar-refractivity contribution in [3.8, 4) is 11.3 Å². The summed E-state index contributed by atoms with van der Waals surface area (Å²) in [6.07, 6.45) is 0.299. The van der Waals surface area contributed by atoms with Gasteiger partial charge in [-0.1, -0.05) is 18.2 Å². The second-order valence-electron chi connectivity index (χ2n) is 2.79. The Balaban J connectivity index is 2.41. The van der Waals surface area contributed by atoms with Gasteiger partial charge >= 0.3 is 0 Å². The SMILES string of the molecule is FC(F)c1cccc(-c2cnco2)c1. The highest BCUT2D eigenvalue weighted by Gasteiger charge is 2.08. The largest absolute Gasteiger partial charge is 0.444 e. The molecule has 0 saturated heterocycles. The fourth-order valence-electron chi connectivity index (χ4n) is 1.19. The van der Waals surface area contributed by atoms with E-state index in [1.807, 2.05) is 0 Å². The molecule has 0 spiro atoms. The van der Waals surface area contributed by atoms with E-state index in [4.69, 9.17) is 4.42 Å². The summed E-state index contributed by atoms with van der Waals surface area (Å²) >= 11 is 0. The van der Waals surface area contributed by atoms with E-state index in [2.05, 4.69) is 4.98 Å². The first-order chi connectivity index (χ1) is 6.77. The van der Waals surface area contributed by atoms with Crippen LogP contribution in [0.4, 0.5) is 8.78 Å². The molecule has 0 atom stereocenters. The monoisotopic (exact) mass is 195 g/mol. The number of oxazole rings is 1. The molecular formula is C10H7F2NO. The molecule has 1 aromatic carbocycles. The Hall–Kier alpha value is -1.71. The van der Waals surface area contributed by atoms with Crippen molar-refractivity contribution in [2.45, 2.75) is 6.43 Å². The van der Waals surface area contributed by atoms with Crippen molar-refractivity contribution in [3.63, 3.8) is 0 Å². The fourth-order valence-corrected chi connectivity index (χ4v) is 1.19. The Labute approximate surface area is 79.2 Å². The van der Waals surface area contributed by atoms with Gasteiger partial charge < -0.3 is 4.42 Å². The average molecular weight is 195 g/mol. The minimum absolute atomic E-state index is 0.0149. The van der Waals surface area contributed by atoms with Crippen LogP contribution in [0.25, 0.3) is 11.3 Å². The highest BCUT2D eigenvalue weighted by atomic mass is 19.3. The van der Waals surface area contributed by atoms with Crippen molar-refractivity contribution in [3.05, 3.63) is 42.4 Å². The Morgan fingerprint density at radius 3 is 2.79 bits per heavy atom. The van der Waals surface area contributed by atoms with E-state index in [-0.39, 0.29) is 5.56 Å². The van der Waals surface area contributed by atoms with Gasteiger partial charge in [0.1, 0.15) is 0 Å². The van der Waals surface area contributed by atoms with Crippen LogP contribution in [0.5, 0.6) is 0 Å². The number of hydrogen-bond acceptors (Lipinski definition) is 2. The van der Waals surface area contributed by atoms with Crippen LogP contribution in [0.3, 0.4) is 0 Å². The van der Waals surface area contributed by atoms with Crippen LogP contribution in [-0.2, 0) is 0 Å². The third-order valence-corrected chi connectivity index (χ3v) is 1.86. The maximum atomic E-state index is 12.3. The maximum absolute atomic E-state index is 12.3. The first-order valence-electron chi connectivity index (χ1n) is 4.04. The molecule has 2 nitrogen and oxygen atoms in total. The standard InChI is InChI=1S/C10H7F2NO/c11-10(12)8-3-1-2-7(4-8)9-5-13-6-14-9/h1-6,10H. The molecule has 0 fully saturated rings. The van der Waals surface area contributed by atoms with Gasteiger partial charge in [0.2, 0.25) is 0 Å². The maximum Gasteiger partial charge on any atom is 0.263 e. The van der Waals surface area contributed by atoms with Gasteiger partial charge in [0.25, 0.3) is 6.43 Å². The van der Waals surface area contributed by atoms with Crippen molar-refractivity contribution >= 4 is 0 Å². The van der Waals surface area contributed by atoms with Crippen molar-refractivity contribution in [1.29, 1.82) is 0 Å². The van der Waals surface area contributed by atoms with E-state index in [1.165, 1.54) is 24.7 Å². The van der Waals surface area contributed by atoms with Crippen LogP contribution < -0.4 is 0 Å². The van der Waals surface area contributed by atoms with E-state index in [1.54, 1.807) is 12.1 Å². The van der Waals surface area contributed by atoms with Crippen LogP contribution in [-0.4, -0.2) is 4.98 Å². The summed E-state index contributed by atoms with van der Waals surface area (Å²) in [6.45, 7) is 0. The lowest BCUT2D eigenvalue weighted by atomic mass is 10.1. The minimum Gasteiger partial charge on any atom is -0.444 e. The highest BCUT2D eigenvalue weighted by molar-refractivity contribution is 5.57. The molecular weight excluding hydrogens is 188 g/mol. The Kier molecular flexibility index (Phi) is 2.26. The molecule has 0 saturated carbocycles.